The van der Waals surface area contributed by atoms with Crippen LogP contribution in [-0.4, -0.2) is 28.6 Å². The van der Waals surface area contributed by atoms with Gasteiger partial charge in [-0.2, -0.15) is 5.10 Å². The van der Waals surface area contributed by atoms with Crippen LogP contribution >= 0.6 is 0 Å². The lowest BCUT2D eigenvalue weighted by Crippen LogP contribution is -2.39. The fourth-order valence-corrected chi connectivity index (χ4v) is 3.03. The number of rotatable bonds is 4. The van der Waals surface area contributed by atoms with Gasteiger partial charge in [0, 0.05) is 11.8 Å². The molecule has 27 heavy (non-hydrogen) atoms. The van der Waals surface area contributed by atoms with Crippen LogP contribution < -0.4 is 16.1 Å². The smallest absolute Gasteiger partial charge is 0.272 e. The Bertz CT molecular complexity index is 1050. The number of aromatic nitrogens is 1. The first-order chi connectivity index (χ1) is 13.1. The zero-order valence-corrected chi connectivity index (χ0v) is 14.4. The van der Waals surface area contributed by atoms with Crippen LogP contribution in [0.4, 0.5) is 11.4 Å². The van der Waals surface area contributed by atoms with E-state index in [2.05, 4.69) is 15.4 Å². The highest BCUT2D eigenvalue weighted by Gasteiger charge is 2.34. The van der Waals surface area contributed by atoms with Crippen LogP contribution in [0.15, 0.2) is 72.0 Å². The van der Waals surface area contributed by atoms with Crippen LogP contribution in [0.25, 0.3) is 10.9 Å². The van der Waals surface area contributed by atoms with Gasteiger partial charge in [-0.1, -0.05) is 36.4 Å². The molecule has 1 aromatic heterocycles. The first kappa shape index (κ1) is 16.7. The van der Waals surface area contributed by atoms with Crippen LogP contribution in [-0.2, 0) is 9.59 Å². The number of carbonyl (C=O) groups excluding carboxylic acids is 2. The Balaban J connectivity index is 1.58. The predicted molar refractivity (Wildman–Crippen MR) is 104 cm³/mol. The Kier molecular flexibility index (Phi) is 4.25. The standard InChI is InChI=1S/C20H17N5O2/c21-19(26)18-11-17(24-25(18)15-7-2-1-3-8-15)20(27)23-14-10-13-6-4-5-9-16(13)22-12-14/h1-10,12,18H,11H2,(H2,21,26)(H,23,27). The highest BCUT2D eigenvalue weighted by atomic mass is 16.2. The summed E-state index contributed by atoms with van der Waals surface area (Å²) < 4.78 is 0. The summed E-state index contributed by atoms with van der Waals surface area (Å²) in [5.74, 6) is -0.908. The van der Waals surface area contributed by atoms with E-state index in [1.54, 1.807) is 6.20 Å². The monoisotopic (exact) mass is 359 g/mol. The number of hydrogen-bond donors (Lipinski definition) is 2. The minimum Gasteiger partial charge on any atom is -0.368 e. The van der Waals surface area contributed by atoms with Crippen molar-refractivity contribution in [3.05, 3.63) is 66.9 Å². The van der Waals surface area contributed by atoms with Gasteiger partial charge in [-0.15, -0.1) is 0 Å². The molecule has 3 N–H and O–H groups in total. The van der Waals surface area contributed by atoms with E-state index in [4.69, 9.17) is 5.73 Å². The molecule has 0 bridgehead atoms. The lowest BCUT2D eigenvalue weighted by atomic mass is 10.1. The van der Waals surface area contributed by atoms with Gasteiger partial charge >= 0.3 is 0 Å². The van der Waals surface area contributed by atoms with Crippen molar-refractivity contribution in [1.29, 1.82) is 0 Å². The SMILES string of the molecule is NC(=O)C1CC(C(=O)Nc2cnc3ccccc3c2)=NN1c1ccccc1. The van der Waals surface area contributed by atoms with E-state index in [1.807, 2.05) is 60.7 Å². The van der Waals surface area contributed by atoms with Gasteiger partial charge in [0.25, 0.3) is 5.91 Å². The van der Waals surface area contributed by atoms with E-state index in [1.165, 1.54) is 5.01 Å². The number of amides is 2. The molecule has 134 valence electrons. The summed E-state index contributed by atoms with van der Waals surface area (Å²) in [5.41, 5.74) is 7.87. The van der Waals surface area contributed by atoms with Crippen LogP contribution in [0.5, 0.6) is 0 Å². The number of nitrogens with zero attached hydrogens (tertiary/aromatic N) is 3. The van der Waals surface area contributed by atoms with E-state index in [9.17, 15) is 9.59 Å². The molecule has 0 saturated carbocycles. The second-order valence-electron chi connectivity index (χ2n) is 6.22. The van der Waals surface area contributed by atoms with Crippen molar-refractivity contribution < 1.29 is 9.59 Å². The quantitative estimate of drug-likeness (QED) is 0.746. The van der Waals surface area contributed by atoms with Gasteiger partial charge in [-0.25, -0.2) is 0 Å². The summed E-state index contributed by atoms with van der Waals surface area (Å²) >= 11 is 0. The van der Waals surface area contributed by atoms with E-state index < -0.39 is 11.9 Å². The maximum atomic E-state index is 12.6. The molecule has 1 aliphatic heterocycles. The molecule has 2 heterocycles. The van der Waals surface area contributed by atoms with Crippen molar-refractivity contribution in [3.63, 3.8) is 0 Å². The van der Waals surface area contributed by atoms with Crippen molar-refractivity contribution in [2.75, 3.05) is 10.3 Å². The van der Waals surface area contributed by atoms with Crippen LogP contribution in [0.1, 0.15) is 6.42 Å². The van der Waals surface area contributed by atoms with Crippen molar-refractivity contribution in [2.24, 2.45) is 10.8 Å². The van der Waals surface area contributed by atoms with Gasteiger partial charge in [0.05, 0.1) is 23.1 Å². The maximum absolute atomic E-state index is 12.6. The van der Waals surface area contributed by atoms with Gasteiger partial charge in [-0.05, 0) is 24.3 Å². The Morgan fingerprint density at radius 3 is 2.59 bits per heavy atom. The molecule has 0 radical (unpaired) electrons. The number of hydrogen-bond acceptors (Lipinski definition) is 5. The minimum absolute atomic E-state index is 0.150. The van der Waals surface area contributed by atoms with E-state index in [-0.39, 0.29) is 18.0 Å². The second kappa shape index (κ2) is 6.87. The topological polar surface area (TPSA) is 101 Å². The first-order valence-corrected chi connectivity index (χ1v) is 8.49. The van der Waals surface area contributed by atoms with Gasteiger partial charge in [0.1, 0.15) is 11.8 Å². The fraction of sp³-hybridized carbons (Fsp3) is 0.100. The lowest BCUT2D eigenvalue weighted by molar-refractivity contribution is -0.119. The number of benzene rings is 2. The lowest BCUT2D eigenvalue weighted by Gasteiger charge is -2.20. The Hall–Kier alpha value is -3.74. The number of primary amides is 1. The molecule has 4 rings (SSSR count). The molecular weight excluding hydrogens is 342 g/mol. The normalized spacial score (nSPS) is 16.2. The Labute approximate surface area is 155 Å². The van der Waals surface area contributed by atoms with E-state index in [0.717, 1.165) is 10.9 Å². The van der Waals surface area contributed by atoms with Crippen molar-refractivity contribution in [3.8, 4) is 0 Å². The zero-order valence-electron chi connectivity index (χ0n) is 14.4. The largest absolute Gasteiger partial charge is 0.368 e. The summed E-state index contributed by atoms with van der Waals surface area (Å²) in [4.78, 5) is 28.8. The molecule has 2 aromatic carbocycles. The molecule has 0 aliphatic carbocycles. The number of hydrazone groups is 1. The van der Waals surface area contributed by atoms with E-state index >= 15 is 0 Å². The van der Waals surface area contributed by atoms with Crippen molar-refractivity contribution in [1.82, 2.24) is 4.98 Å². The number of para-hydroxylation sites is 2. The summed E-state index contributed by atoms with van der Waals surface area (Å²) in [7, 11) is 0. The highest BCUT2D eigenvalue weighted by molar-refractivity contribution is 6.44. The second-order valence-corrected chi connectivity index (χ2v) is 6.22. The van der Waals surface area contributed by atoms with E-state index in [0.29, 0.717) is 11.4 Å². The summed E-state index contributed by atoms with van der Waals surface area (Å²) in [6.45, 7) is 0. The van der Waals surface area contributed by atoms with Crippen molar-refractivity contribution in [2.45, 2.75) is 12.5 Å². The number of nitrogens with two attached hydrogens (primary N) is 1. The maximum Gasteiger partial charge on any atom is 0.272 e. The Morgan fingerprint density at radius 1 is 1.07 bits per heavy atom. The third kappa shape index (κ3) is 3.35. The molecule has 1 atom stereocenters. The third-order valence-electron chi connectivity index (χ3n) is 4.37. The van der Waals surface area contributed by atoms with Gasteiger partial charge < -0.3 is 11.1 Å². The van der Waals surface area contributed by atoms with Crippen LogP contribution in [0.2, 0.25) is 0 Å². The van der Waals surface area contributed by atoms with Gasteiger partial charge in [0.15, 0.2) is 0 Å². The zero-order chi connectivity index (χ0) is 18.8. The van der Waals surface area contributed by atoms with Crippen molar-refractivity contribution >= 4 is 39.8 Å². The predicted octanol–water partition coefficient (Wildman–Crippen LogP) is 2.29. The third-order valence-corrected chi connectivity index (χ3v) is 4.37. The van der Waals surface area contributed by atoms with Gasteiger partial charge in [-0.3, -0.25) is 19.6 Å². The molecule has 3 aromatic rings. The molecule has 1 aliphatic rings. The molecule has 0 spiro atoms. The number of carbonyl (C=O) groups is 2. The average molecular weight is 359 g/mol. The molecule has 7 heteroatoms. The molecule has 1 unspecified atom stereocenters. The molecule has 0 saturated heterocycles. The number of pyridine rings is 1. The molecule has 0 fully saturated rings. The number of anilines is 2. The summed E-state index contributed by atoms with van der Waals surface area (Å²) in [6, 6.07) is 17.9. The minimum atomic E-state index is -0.692. The average Bonchev–Trinajstić information content (AvgIpc) is 3.15. The van der Waals surface area contributed by atoms with Gasteiger partial charge in [0.2, 0.25) is 5.91 Å². The molecule has 7 nitrogen and oxygen atoms in total. The first-order valence-electron chi connectivity index (χ1n) is 8.49. The molecule has 2 amide bonds. The summed E-state index contributed by atoms with van der Waals surface area (Å²) in [5, 5.41) is 9.55. The van der Waals surface area contributed by atoms with Crippen LogP contribution in [0.3, 0.4) is 0 Å². The number of fused-ring (bicyclic) bond motifs is 1. The summed E-state index contributed by atoms with van der Waals surface area (Å²) in [6.07, 6.45) is 1.74. The highest BCUT2D eigenvalue weighted by Crippen LogP contribution is 2.25. The molecular formula is C20H17N5O2. The fourth-order valence-electron chi connectivity index (χ4n) is 3.03. The Morgan fingerprint density at radius 2 is 1.81 bits per heavy atom. The van der Waals surface area contributed by atoms with Crippen LogP contribution in [0, 0.1) is 0 Å². The number of nitrogens with one attached hydrogen (secondary N) is 1.